The number of rotatable bonds is 5. The van der Waals surface area contributed by atoms with E-state index in [0.717, 1.165) is 0 Å². The second-order valence-electron chi connectivity index (χ2n) is 3.95. The molecule has 0 aromatic carbocycles. The molecule has 80 valence electrons. The van der Waals surface area contributed by atoms with Crippen LogP contribution in [0.5, 0.6) is 0 Å². The third kappa shape index (κ3) is 4.94. The zero-order valence-electron chi connectivity index (χ0n) is 14.0. The Morgan fingerprint density at radius 1 is 1.69 bits per heavy atom. The lowest BCUT2D eigenvalue weighted by Crippen LogP contribution is -2.43. The molecular weight excluding hydrogens is 220 g/mol. The first-order valence-corrected chi connectivity index (χ1v) is 10.1. The van der Waals surface area contributed by atoms with Gasteiger partial charge in [0.25, 0.3) is 10.1 Å². The summed E-state index contributed by atoms with van der Waals surface area (Å²) in [6, 6.07) is -1.61. The molecule has 0 fully saturated rings. The second kappa shape index (κ2) is 4.72. The maximum atomic E-state index is 11.3. The predicted octanol–water partition coefficient (Wildman–Crippen LogP) is 1.15. The van der Waals surface area contributed by atoms with E-state index in [1.54, 1.807) is 19.6 Å². The normalized spacial score (nSPS) is 27.1. The molecule has 0 spiro atoms. The highest BCUT2D eigenvalue weighted by molar-refractivity contribution is 7.88. The lowest BCUT2D eigenvalue weighted by molar-refractivity contribution is 0.476. The van der Waals surface area contributed by atoms with Gasteiger partial charge in [-0.2, -0.15) is 8.42 Å². The predicted molar refractivity (Wildman–Crippen MR) is 62.5 cm³/mol. The first-order valence-electron chi connectivity index (χ1n) is 6.97. The van der Waals surface area contributed by atoms with E-state index in [1.165, 1.54) is 0 Å². The van der Waals surface area contributed by atoms with Crippen LogP contribution in [-0.4, -0.2) is 37.8 Å². The van der Waals surface area contributed by atoms with Gasteiger partial charge >= 0.3 is 0 Å². The lowest BCUT2D eigenvalue weighted by atomic mass is 10.6. The monoisotopic (exact) mass is 246 g/mol. The van der Waals surface area contributed by atoms with E-state index in [4.69, 9.17) is 7.95 Å². The van der Waals surface area contributed by atoms with Crippen molar-refractivity contribution in [1.82, 2.24) is 0 Å². The van der Waals surface area contributed by atoms with Crippen LogP contribution in [0.15, 0.2) is 0 Å². The average Bonchev–Trinajstić information content (AvgIpc) is 2.07. The summed E-state index contributed by atoms with van der Waals surface area (Å²) in [5.41, 5.74) is 0. The molecule has 6 heteroatoms. The van der Waals surface area contributed by atoms with Gasteiger partial charge in [0.15, 0.2) is 0 Å². The summed E-state index contributed by atoms with van der Waals surface area (Å²) in [6.45, 7) is 2.14. The van der Waals surface area contributed by atoms with Crippen LogP contribution in [0.3, 0.4) is 0 Å². The van der Waals surface area contributed by atoms with E-state index in [9.17, 15) is 13.0 Å². The fraction of sp³-hybridized carbons (Fsp3) is 1.00. The van der Waals surface area contributed by atoms with Crippen LogP contribution in [0, 0.1) is 0 Å². The molecule has 0 aliphatic rings. The molecule has 13 heavy (non-hydrogen) atoms. The smallest absolute Gasteiger partial charge is 0.265 e. The van der Waals surface area contributed by atoms with Crippen LogP contribution in [0.2, 0.25) is 32.1 Å². The average molecular weight is 247 g/mol. The highest BCUT2D eigenvalue weighted by Gasteiger charge is 2.35. The molecular formula is C7H20O3SSi2. The Hall–Kier alpha value is 0.344. The Morgan fingerprint density at radius 2 is 2.23 bits per heavy atom. The zero-order chi connectivity index (χ0) is 15.9. The molecule has 0 aliphatic carbocycles. The van der Waals surface area contributed by atoms with E-state index in [1.807, 2.05) is 0 Å². The van der Waals surface area contributed by atoms with E-state index >= 15 is 0 Å². The number of hydrogen-bond donors (Lipinski definition) is 1. The van der Waals surface area contributed by atoms with Gasteiger partial charge in [-0.15, -0.1) is 0 Å². The molecule has 0 radical (unpaired) electrons. The van der Waals surface area contributed by atoms with Gasteiger partial charge in [-0.05, 0) is 6.42 Å². The fourth-order valence-electron chi connectivity index (χ4n) is 1.09. The Kier molecular flexibility index (Phi) is 2.19. The Bertz CT molecular complexity index is 416. The minimum atomic E-state index is -4.42. The van der Waals surface area contributed by atoms with Crippen molar-refractivity contribution < 1.29 is 18.5 Å². The highest BCUT2D eigenvalue weighted by atomic mass is 32.2. The summed E-state index contributed by atoms with van der Waals surface area (Å²) >= 11 is 0. The van der Waals surface area contributed by atoms with E-state index < -0.39 is 51.4 Å². The molecule has 0 heterocycles. The molecule has 0 aliphatic heterocycles. The van der Waals surface area contributed by atoms with Gasteiger partial charge in [-0.25, -0.2) is 0 Å². The molecule has 0 saturated carbocycles. The molecule has 0 saturated heterocycles. The molecule has 2 atom stereocenters. The summed E-state index contributed by atoms with van der Waals surface area (Å²) in [5.74, 6) is 0. The fourth-order valence-corrected chi connectivity index (χ4v) is 6.59. The molecule has 0 aromatic rings. The van der Waals surface area contributed by atoms with Gasteiger partial charge in [0.05, 0.1) is 12.9 Å². The second-order valence-corrected chi connectivity index (χ2v) is 12.1. The van der Waals surface area contributed by atoms with Gasteiger partial charge in [-0.1, -0.05) is 32.1 Å². The summed E-state index contributed by atoms with van der Waals surface area (Å²) in [4.78, 5) is -1.23. The first kappa shape index (κ1) is 6.04. The van der Waals surface area contributed by atoms with Crippen molar-refractivity contribution >= 4 is 27.6 Å². The molecule has 0 amide bonds. The molecule has 3 nitrogen and oxygen atoms in total. The maximum Gasteiger partial charge on any atom is 0.265 e. The van der Waals surface area contributed by atoms with Crippen molar-refractivity contribution in [2.45, 2.75) is 43.4 Å². The van der Waals surface area contributed by atoms with Crippen molar-refractivity contribution in [3.05, 3.63) is 0 Å². The highest BCUT2D eigenvalue weighted by Crippen LogP contribution is 2.20. The lowest BCUT2D eigenvalue weighted by Gasteiger charge is -2.25. The van der Waals surface area contributed by atoms with Crippen LogP contribution in [0.25, 0.3) is 0 Å². The van der Waals surface area contributed by atoms with Crippen molar-refractivity contribution in [2.24, 2.45) is 0 Å². The van der Waals surface area contributed by atoms with E-state index in [0.29, 0.717) is 0 Å². The van der Waals surface area contributed by atoms with Gasteiger partial charge in [0.1, 0.15) is 0 Å². The summed E-state index contributed by atoms with van der Waals surface area (Å²) in [5, 5.41) is 0. The molecule has 0 bridgehead atoms. The minimum Gasteiger partial charge on any atom is -0.286 e. The maximum absolute atomic E-state index is 11.3. The molecule has 2 unspecified atom stereocenters. The SMILES string of the molecule is [2H]C(CC([Si](C)(C)C)S(=O)(=O)O)[Si]([2H])([2H])C([2H])([2H])[2H]. The van der Waals surface area contributed by atoms with Gasteiger partial charge in [0, 0.05) is 17.3 Å². The summed E-state index contributed by atoms with van der Waals surface area (Å²) in [6.07, 6.45) is -0.466. The topological polar surface area (TPSA) is 54.4 Å². The van der Waals surface area contributed by atoms with Crippen LogP contribution in [0.1, 0.15) is 11.9 Å². The Morgan fingerprint density at radius 3 is 2.54 bits per heavy atom. The van der Waals surface area contributed by atoms with Crippen LogP contribution in [-0.2, 0) is 10.1 Å². The van der Waals surface area contributed by atoms with Gasteiger partial charge in [-0.3, -0.25) is 4.55 Å². The molecule has 0 rings (SSSR count). The minimum absolute atomic E-state index is 0.466. The molecule has 1 N–H and O–H groups in total. The quantitative estimate of drug-likeness (QED) is 0.585. The third-order valence-electron chi connectivity index (χ3n) is 1.76. The largest absolute Gasteiger partial charge is 0.286 e. The van der Waals surface area contributed by atoms with Crippen molar-refractivity contribution in [1.29, 1.82) is 2.47 Å². The van der Waals surface area contributed by atoms with Gasteiger partial charge in [0.2, 0.25) is 0 Å². The van der Waals surface area contributed by atoms with E-state index in [2.05, 4.69) is 0 Å². The standard InChI is InChI=1S/C7H20O3SSi2/c1-12-6-5-7(11(8,9)10)13(2,3)4/h7H,5-6,12H2,1-4H3,(H,8,9,10)/i1D3,6D,12D2. The third-order valence-corrected chi connectivity index (χ3v) is 8.29. The van der Waals surface area contributed by atoms with Crippen LogP contribution < -0.4 is 0 Å². The summed E-state index contributed by atoms with van der Waals surface area (Å²) in [7, 11) is -11.2. The van der Waals surface area contributed by atoms with E-state index in [-0.39, 0.29) is 0 Å². The zero-order valence-corrected chi connectivity index (χ0v) is 10.9. The van der Waals surface area contributed by atoms with Gasteiger partial charge < -0.3 is 0 Å². The van der Waals surface area contributed by atoms with Crippen molar-refractivity contribution in [3.63, 3.8) is 0 Å². The number of hydrogen-bond acceptors (Lipinski definition) is 2. The first-order chi connectivity index (χ1) is 8.01. The summed E-state index contributed by atoms with van der Waals surface area (Å²) < 4.78 is 76.1. The molecule has 0 aromatic heterocycles. The van der Waals surface area contributed by atoms with Crippen molar-refractivity contribution in [2.75, 3.05) is 0 Å². The van der Waals surface area contributed by atoms with Crippen LogP contribution in [0.4, 0.5) is 0 Å². The Labute approximate surface area is 92.6 Å². The van der Waals surface area contributed by atoms with Crippen LogP contribution >= 0.6 is 0 Å². The van der Waals surface area contributed by atoms with Crippen molar-refractivity contribution in [3.8, 4) is 0 Å². The Balaban J connectivity index is 5.32.